The molecule has 0 aliphatic carbocycles. The van der Waals surface area contributed by atoms with Gasteiger partial charge >= 0.3 is 0 Å². The summed E-state index contributed by atoms with van der Waals surface area (Å²) >= 11 is 0. The highest BCUT2D eigenvalue weighted by molar-refractivity contribution is 7.87. The number of anilines is 2. The van der Waals surface area contributed by atoms with Crippen LogP contribution in [-0.4, -0.2) is 151 Å². The van der Waals surface area contributed by atoms with Crippen molar-refractivity contribution in [2.45, 2.75) is 48.7 Å². The molecular weight excluding hydrogens is 933 g/mol. The number of imide groups is 1. The number of H-pyrrole nitrogens is 1. The Labute approximate surface area is 394 Å². The van der Waals surface area contributed by atoms with Crippen molar-refractivity contribution in [3.63, 3.8) is 0 Å². The monoisotopic (exact) mass is 985 g/mol. The number of hydrogen-bond acceptors (Lipinski definition) is 16. The van der Waals surface area contributed by atoms with E-state index >= 15 is 0 Å². The number of aromatic nitrogens is 1. The number of carbonyl (C=O) groups is 5. The Hall–Kier alpha value is -5.96. The third-order valence-corrected chi connectivity index (χ3v) is 12.7. The molecule has 7 rings (SSSR count). The van der Waals surface area contributed by atoms with Gasteiger partial charge in [0.15, 0.2) is 6.23 Å². The second-order valence-corrected chi connectivity index (χ2v) is 17.8. The lowest BCUT2D eigenvalue weighted by molar-refractivity contribution is -0.149. The van der Waals surface area contributed by atoms with Crippen molar-refractivity contribution in [2.24, 2.45) is 0 Å². The van der Waals surface area contributed by atoms with Crippen molar-refractivity contribution in [3.05, 3.63) is 89.0 Å². The van der Waals surface area contributed by atoms with Crippen molar-refractivity contribution in [1.82, 2.24) is 20.5 Å². The zero-order valence-corrected chi connectivity index (χ0v) is 38.1. The number of nitrogens with zero attached hydrogens (tertiary/aromatic N) is 2. The van der Waals surface area contributed by atoms with E-state index < -0.39 is 69.1 Å². The second-order valence-electron chi connectivity index (χ2n) is 16.1. The fourth-order valence-corrected chi connectivity index (χ4v) is 8.90. The number of piperidine rings is 1. The van der Waals surface area contributed by atoms with Gasteiger partial charge in [-0.05, 0) is 54.4 Å². The van der Waals surface area contributed by atoms with Crippen LogP contribution in [0, 0.1) is 16.4 Å². The van der Waals surface area contributed by atoms with Gasteiger partial charge in [-0.2, -0.15) is 0 Å². The summed E-state index contributed by atoms with van der Waals surface area (Å²) in [4.78, 5) is 68.6. The van der Waals surface area contributed by atoms with Crippen molar-refractivity contribution in [1.29, 1.82) is 4.78 Å². The molecule has 0 saturated carbocycles. The van der Waals surface area contributed by atoms with Crippen molar-refractivity contribution in [3.8, 4) is 0 Å². The molecule has 0 radical (unpaired) electrons. The van der Waals surface area contributed by atoms with Gasteiger partial charge in [-0.15, -0.1) is 0 Å². The first-order valence-electron chi connectivity index (χ1n) is 22.1. The molecule has 2 fully saturated rings. The molecule has 69 heavy (non-hydrogen) atoms. The van der Waals surface area contributed by atoms with Gasteiger partial charge in [0, 0.05) is 66.4 Å². The minimum atomic E-state index is -3.73. The van der Waals surface area contributed by atoms with Gasteiger partial charge in [0.05, 0.1) is 78.2 Å². The summed E-state index contributed by atoms with van der Waals surface area (Å²) < 4.78 is 81.4. The van der Waals surface area contributed by atoms with Crippen LogP contribution >= 0.6 is 0 Å². The van der Waals surface area contributed by atoms with Gasteiger partial charge in [0.1, 0.15) is 22.7 Å². The highest BCUT2D eigenvalue weighted by Crippen LogP contribution is 2.39. The lowest BCUT2D eigenvalue weighted by atomic mass is 10.0. The normalized spacial score (nSPS) is 20.1. The average molecular weight is 986 g/mol. The Morgan fingerprint density at radius 3 is 2.14 bits per heavy atom. The Bertz CT molecular complexity index is 2620. The highest BCUT2D eigenvalue weighted by Gasteiger charge is 2.52. The van der Waals surface area contributed by atoms with Crippen LogP contribution in [0.3, 0.4) is 0 Å². The number of rotatable bonds is 26. The third-order valence-electron chi connectivity index (χ3n) is 11.4. The van der Waals surface area contributed by atoms with Crippen LogP contribution in [0.5, 0.6) is 0 Å². The van der Waals surface area contributed by atoms with Crippen molar-refractivity contribution >= 4 is 61.8 Å². The van der Waals surface area contributed by atoms with Gasteiger partial charge in [-0.3, -0.25) is 38.4 Å². The number of fused-ring (bicyclic) bond motifs is 2. The van der Waals surface area contributed by atoms with Crippen LogP contribution in [-0.2, 0) is 63.6 Å². The zero-order valence-electron chi connectivity index (χ0n) is 37.3. The fraction of sp³-hybridized carbons (Fsp3) is 0.444. The van der Waals surface area contributed by atoms with E-state index in [1.807, 2.05) is 0 Å². The SMILES string of the molecule is N=S(=O)(OCCOCCOCCOCCOCCOCCNc1cccc2c1C(=O)N(C1CCC(=O)NC1=O)C2O)c1cc2cc(N3CCC(O)(C(=O)NCc4cc(F)cc(F)c4)C3=O)ccc2[nH]1. The molecule has 372 valence electrons. The number of aromatic amines is 1. The largest absolute Gasteiger partial charge is 0.382 e. The molecule has 3 aromatic carbocycles. The standard InChI is InChI=1S/C45H53F2N7O14S/c46-30-22-28(23-31(47)26-30)27-50-43(59)45(61)8-10-53(44(45)60)32-4-5-34-29(24-32)25-38(51-34)69(48,62)68-21-20-67-19-18-66-17-16-65-15-14-64-13-12-63-11-9-49-35-3-1-2-33-39(35)42(58)54(41(33)57)36-6-7-37(55)52-40(36)56/h1-5,22-26,36,41,48-49,51,57,61H,6-21,27H2,(H,50,59)(H,52,55,56). The summed E-state index contributed by atoms with van der Waals surface area (Å²) in [6, 6.07) is 13.0. The number of amides is 5. The lowest BCUT2D eigenvalue weighted by Crippen LogP contribution is -2.53. The number of benzene rings is 3. The summed E-state index contributed by atoms with van der Waals surface area (Å²) in [7, 11) is -3.73. The van der Waals surface area contributed by atoms with Crippen LogP contribution in [0.2, 0.25) is 0 Å². The summed E-state index contributed by atoms with van der Waals surface area (Å²) in [5.41, 5.74) is -0.302. The molecule has 2 saturated heterocycles. The maximum Gasteiger partial charge on any atom is 0.268 e. The Kier molecular flexibility index (Phi) is 17.0. The van der Waals surface area contributed by atoms with E-state index in [1.165, 1.54) is 11.0 Å². The minimum Gasteiger partial charge on any atom is -0.382 e. The van der Waals surface area contributed by atoms with Crippen molar-refractivity contribution < 1.29 is 75.0 Å². The van der Waals surface area contributed by atoms with Crippen molar-refractivity contribution in [2.75, 3.05) is 96.0 Å². The van der Waals surface area contributed by atoms with Crippen LogP contribution < -0.4 is 20.9 Å². The molecule has 21 nitrogen and oxygen atoms in total. The van der Waals surface area contributed by atoms with Crippen LogP contribution in [0.15, 0.2) is 65.7 Å². The molecule has 4 aromatic rings. The van der Waals surface area contributed by atoms with E-state index in [-0.39, 0.29) is 74.9 Å². The molecular formula is C45H53F2N7O14S. The quantitative estimate of drug-likeness (QED) is 0.0269. The molecule has 4 heterocycles. The molecule has 5 amide bonds. The summed E-state index contributed by atoms with van der Waals surface area (Å²) in [6.45, 7) is 2.70. The molecule has 3 aliphatic heterocycles. The Morgan fingerprint density at radius 2 is 1.49 bits per heavy atom. The molecule has 4 atom stereocenters. The molecule has 4 unspecified atom stereocenters. The molecule has 0 bridgehead atoms. The Morgan fingerprint density at radius 1 is 0.855 bits per heavy atom. The maximum atomic E-state index is 13.5. The second kappa shape index (κ2) is 23.1. The lowest BCUT2D eigenvalue weighted by Gasteiger charge is -2.31. The molecule has 1 aromatic heterocycles. The average Bonchev–Trinajstić information content (AvgIpc) is 3.97. The predicted molar refractivity (Wildman–Crippen MR) is 240 cm³/mol. The summed E-state index contributed by atoms with van der Waals surface area (Å²) in [5.74, 6) is -5.08. The Balaban J connectivity index is 0.696. The number of aliphatic hydroxyl groups is 2. The van der Waals surface area contributed by atoms with E-state index in [1.54, 1.807) is 36.4 Å². The predicted octanol–water partition coefficient (Wildman–Crippen LogP) is 2.01. The first-order chi connectivity index (χ1) is 33.2. The van der Waals surface area contributed by atoms with Crippen LogP contribution in [0.1, 0.15) is 47.0 Å². The number of halogens is 2. The number of carbonyl (C=O) groups excluding carboxylic acids is 5. The molecule has 7 N–H and O–H groups in total. The van der Waals surface area contributed by atoms with E-state index in [2.05, 4.69) is 20.9 Å². The number of hydrogen-bond donors (Lipinski definition) is 7. The topological polar surface area (TPSA) is 280 Å². The van der Waals surface area contributed by atoms with E-state index in [4.69, 9.17) is 32.6 Å². The van der Waals surface area contributed by atoms with Crippen LogP contribution in [0.25, 0.3) is 10.9 Å². The zero-order chi connectivity index (χ0) is 49.1. The minimum absolute atomic E-state index is 0.00724. The maximum absolute atomic E-state index is 13.5. The van der Waals surface area contributed by atoms with Gasteiger partial charge < -0.3 is 54.4 Å². The van der Waals surface area contributed by atoms with Crippen LogP contribution in [0.4, 0.5) is 20.2 Å². The smallest absolute Gasteiger partial charge is 0.268 e. The van der Waals surface area contributed by atoms with Gasteiger partial charge in [0.25, 0.3) is 17.7 Å². The first-order valence-corrected chi connectivity index (χ1v) is 23.6. The summed E-state index contributed by atoms with van der Waals surface area (Å²) in [5, 5.41) is 30.1. The summed E-state index contributed by atoms with van der Waals surface area (Å²) in [6.07, 6.45) is -1.33. The van der Waals surface area contributed by atoms with Gasteiger partial charge in [0.2, 0.25) is 27.4 Å². The number of aliphatic hydroxyl groups excluding tert-OH is 1. The molecule has 3 aliphatic rings. The molecule has 0 spiro atoms. The third kappa shape index (κ3) is 12.4. The van der Waals surface area contributed by atoms with E-state index in [0.717, 1.165) is 17.0 Å². The van der Waals surface area contributed by atoms with Gasteiger partial charge in [-0.1, -0.05) is 12.1 Å². The fourth-order valence-electron chi connectivity index (χ4n) is 7.94. The first kappa shape index (κ1) is 50.9. The van der Waals surface area contributed by atoms with E-state index in [9.17, 15) is 47.2 Å². The van der Waals surface area contributed by atoms with Gasteiger partial charge in [-0.25, -0.2) is 17.8 Å². The number of nitrogens with one attached hydrogen (secondary N) is 5. The highest BCUT2D eigenvalue weighted by atomic mass is 32.2. The molecule has 24 heteroatoms. The number of ether oxygens (including phenoxy) is 5. The van der Waals surface area contributed by atoms with E-state index in [0.29, 0.717) is 86.7 Å².